The normalized spacial score (nSPS) is 10.9. The number of hydrogen-bond donors (Lipinski definition) is 2. The lowest BCUT2D eigenvalue weighted by Gasteiger charge is -2.08. The molecule has 2 aromatic heterocycles. The highest BCUT2D eigenvalue weighted by molar-refractivity contribution is 9.11. The van der Waals surface area contributed by atoms with Gasteiger partial charge in [-0.1, -0.05) is 13.8 Å². The summed E-state index contributed by atoms with van der Waals surface area (Å²) in [5, 5.41) is 3.17. The summed E-state index contributed by atoms with van der Waals surface area (Å²) in [6.07, 6.45) is 0. The molecule has 4 nitrogen and oxygen atoms in total. The molecule has 0 amide bonds. The smallest absolute Gasteiger partial charge is 0.252 e. The molecule has 0 saturated heterocycles. The van der Waals surface area contributed by atoms with E-state index >= 15 is 0 Å². The van der Waals surface area contributed by atoms with Crippen LogP contribution < -0.4 is 10.9 Å². The Bertz CT molecular complexity index is 591. The van der Waals surface area contributed by atoms with Gasteiger partial charge in [0.2, 0.25) is 0 Å². The number of thiophene rings is 1. The van der Waals surface area contributed by atoms with Crippen molar-refractivity contribution < 1.29 is 0 Å². The van der Waals surface area contributed by atoms with E-state index in [0.29, 0.717) is 18.2 Å². The highest BCUT2D eigenvalue weighted by atomic mass is 79.9. The molecule has 0 unspecified atom stereocenters. The Morgan fingerprint density at radius 3 is 2.89 bits per heavy atom. The molecule has 0 fully saturated rings. The standard InChI is InChI=1S/C12H14BrN3OS/c1-7(2)12-15-10(5-11(17)16-12)14-6-8-3-4-9(13)18-8/h3-5,7H,6H2,1-2H3,(H2,14,15,16,17). The molecule has 0 atom stereocenters. The maximum Gasteiger partial charge on any atom is 0.252 e. The summed E-state index contributed by atoms with van der Waals surface area (Å²) in [5.74, 6) is 1.53. The second-order valence-electron chi connectivity index (χ2n) is 4.23. The number of H-pyrrole nitrogens is 1. The Balaban J connectivity index is 2.11. The van der Waals surface area contributed by atoms with Crippen molar-refractivity contribution in [3.8, 4) is 0 Å². The van der Waals surface area contributed by atoms with Crippen molar-refractivity contribution in [2.24, 2.45) is 0 Å². The first kappa shape index (κ1) is 13.3. The molecule has 6 heteroatoms. The van der Waals surface area contributed by atoms with Gasteiger partial charge in [-0.15, -0.1) is 11.3 Å². The fourth-order valence-electron chi connectivity index (χ4n) is 1.46. The molecule has 0 aromatic carbocycles. The quantitative estimate of drug-likeness (QED) is 0.905. The van der Waals surface area contributed by atoms with E-state index in [-0.39, 0.29) is 11.5 Å². The summed E-state index contributed by atoms with van der Waals surface area (Å²) in [4.78, 5) is 19.8. The van der Waals surface area contributed by atoms with Crippen LogP contribution in [0.15, 0.2) is 26.8 Å². The summed E-state index contributed by atoms with van der Waals surface area (Å²) >= 11 is 5.08. The minimum Gasteiger partial charge on any atom is -0.365 e. The SMILES string of the molecule is CC(C)c1nc(NCc2ccc(Br)s2)cc(=O)[nH]1. The van der Waals surface area contributed by atoms with Crippen LogP contribution in [-0.4, -0.2) is 9.97 Å². The van der Waals surface area contributed by atoms with Crippen molar-refractivity contribution in [1.29, 1.82) is 0 Å². The zero-order valence-corrected chi connectivity index (χ0v) is 12.6. The largest absolute Gasteiger partial charge is 0.365 e. The van der Waals surface area contributed by atoms with Gasteiger partial charge in [-0.25, -0.2) is 4.98 Å². The molecule has 18 heavy (non-hydrogen) atoms. The monoisotopic (exact) mass is 327 g/mol. The van der Waals surface area contributed by atoms with E-state index in [1.807, 2.05) is 26.0 Å². The summed E-state index contributed by atoms with van der Waals surface area (Å²) in [6, 6.07) is 5.53. The first-order valence-corrected chi connectivity index (χ1v) is 7.25. The zero-order valence-electron chi connectivity index (χ0n) is 10.2. The van der Waals surface area contributed by atoms with E-state index in [2.05, 4.69) is 31.2 Å². The average molecular weight is 328 g/mol. The summed E-state index contributed by atoms with van der Waals surface area (Å²) in [5.41, 5.74) is -0.122. The average Bonchev–Trinajstić information content (AvgIpc) is 2.72. The van der Waals surface area contributed by atoms with Crippen LogP contribution in [0.25, 0.3) is 0 Å². The molecule has 0 saturated carbocycles. The number of aromatic nitrogens is 2. The minimum atomic E-state index is -0.122. The van der Waals surface area contributed by atoms with Gasteiger partial charge in [0.15, 0.2) is 0 Å². The van der Waals surface area contributed by atoms with Crippen LogP contribution in [0.3, 0.4) is 0 Å². The lowest BCUT2D eigenvalue weighted by Crippen LogP contribution is -2.14. The molecule has 2 N–H and O–H groups in total. The van der Waals surface area contributed by atoms with Crippen molar-refractivity contribution in [3.63, 3.8) is 0 Å². The molecule has 0 radical (unpaired) electrons. The summed E-state index contributed by atoms with van der Waals surface area (Å²) < 4.78 is 1.10. The first-order chi connectivity index (χ1) is 8.54. The second kappa shape index (κ2) is 5.67. The van der Waals surface area contributed by atoms with Crippen LogP contribution >= 0.6 is 27.3 Å². The van der Waals surface area contributed by atoms with Crippen LogP contribution in [0.1, 0.15) is 30.5 Å². The topological polar surface area (TPSA) is 57.8 Å². The van der Waals surface area contributed by atoms with Gasteiger partial charge >= 0.3 is 0 Å². The predicted molar refractivity (Wildman–Crippen MR) is 78.3 cm³/mol. The van der Waals surface area contributed by atoms with Gasteiger partial charge in [-0.2, -0.15) is 0 Å². The van der Waals surface area contributed by atoms with Crippen LogP contribution in [-0.2, 0) is 6.54 Å². The Labute approximate surface area is 118 Å². The number of anilines is 1. The molecule has 96 valence electrons. The molecule has 0 aliphatic heterocycles. The third kappa shape index (κ3) is 3.43. The summed E-state index contributed by atoms with van der Waals surface area (Å²) in [6.45, 7) is 4.67. The van der Waals surface area contributed by atoms with E-state index in [9.17, 15) is 4.79 Å². The van der Waals surface area contributed by atoms with E-state index in [1.165, 1.54) is 10.9 Å². The number of rotatable bonds is 4. The van der Waals surface area contributed by atoms with Crippen molar-refractivity contribution in [2.45, 2.75) is 26.3 Å². The van der Waals surface area contributed by atoms with Crippen molar-refractivity contribution >= 4 is 33.1 Å². The Kier molecular flexibility index (Phi) is 4.19. The molecule has 2 heterocycles. The molecular formula is C12H14BrN3OS. The summed E-state index contributed by atoms with van der Waals surface area (Å²) in [7, 11) is 0. The number of halogens is 1. The van der Waals surface area contributed by atoms with E-state index in [1.54, 1.807) is 11.3 Å². The molecule has 2 aromatic rings. The lowest BCUT2D eigenvalue weighted by molar-refractivity contribution is 0.767. The maximum absolute atomic E-state index is 11.5. The molecular weight excluding hydrogens is 314 g/mol. The van der Waals surface area contributed by atoms with Crippen LogP contribution in [0.2, 0.25) is 0 Å². The predicted octanol–water partition coefficient (Wildman–Crippen LogP) is 3.33. The third-order valence-electron chi connectivity index (χ3n) is 2.38. The van der Waals surface area contributed by atoms with Gasteiger partial charge in [0.1, 0.15) is 11.6 Å². The first-order valence-electron chi connectivity index (χ1n) is 5.64. The van der Waals surface area contributed by atoms with Crippen molar-refractivity contribution in [2.75, 3.05) is 5.32 Å². The maximum atomic E-state index is 11.5. The number of hydrogen-bond acceptors (Lipinski definition) is 4. The fourth-order valence-corrected chi connectivity index (χ4v) is 2.89. The highest BCUT2D eigenvalue weighted by Gasteiger charge is 2.05. The number of nitrogens with one attached hydrogen (secondary N) is 2. The van der Waals surface area contributed by atoms with Crippen LogP contribution in [0.5, 0.6) is 0 Å². The van der Waals surface area contributed by atoms with Gasteiger partial charge in [0.25, 0.3) is 5.56 Å². The zero-order chi connectivity index (χ0) is 13.1. The molecule has 2 rings (SSSR count). The minimum absolute atomic E-state index is 0.122. The Morgan fingerprint density at radius 2 is 2.28 bits per heavy atom. The molecule has 0 aliphatic rings. The van der Waals surface area contributed by atoms with E-state index in [4.69, 9.17) is 0 Å². The van der Waals surface area contributed by atoms with Crippen LogP contribution in [0, 0.1) is 0 Å². The van der Waals surface area contributed by atoms with Gasteiger partial charge in [0, 0.05) is 16.9 Å². The lowest BCUT2D eigenvalue weighted by atomic mass is 10.2. The fraction of sp³-hybridized carbons (Fsp3) is 0.333. The number of aromatic amines is 1. The van der Waals surface area contributed by atoms with E-state index in [0.717, 1.165) is 3.79 Å². The van der Waals surface area contributed by atoms with Gasteiger partial charge in [-0.05, 0) is 28.1 Å². The van der Waals surface area contributed by atoms with Crippen LogP contribution in [0.4, 0.5) is 5.82 Å². The van der Waals surface area contributed by atoms with Crippen molar-refractivity contribution in [1.82, 2.24) is 9.97 Å². The van der Waals surface area contributed by atoms with E-state index < -0.39 is 0 Å². The van der Waals surface area contributed by atoms with Gasteiger partial charge in [0.05, 0.1) is 10.3 Å². The number of nitrogens with zero attached hydrogens (tertiary/aromatic N) is 1. The Hall–Kier alpha value is -1.14. The van der Waals surface area contributed by atoms with Gasteiger partial charge in [-0.3, -0.25) is 4.79 Å². The van der Waals surface area contributed by atoms with Gasteiger partial charge < -0.3 is 10.3 Å². The molecule has 0 aliphatic carbocycles. The molecule has 0 spiro atoms. The Morgan fingerprint density at radius 1 is 1.50 bits per heavy atom. The highest BCUT2D eigenvalue weighted by Crippen LogP contribution is 2.22. The second-order valence-corrected chi connectivity index (χ2v) is 6.78. The third-order valence-corrected chi connectivity index (χ3v) is 4.00. The van der Waals surface area contributed by atoms with Crippen molar-refractivity contribution in [3.05, 3.63) is 43.0 Å². The molecule has 0 bridgehead atoms.